The number of hydrogen-bond acceptors (Lipinski definition) is 7. The zero-order valence-corrected chi connectivity index (χ0v) is 14.0. The van der Waals surface area contributed by atoms with Gasteiger partial charge in [0.15, 0.2) is 6.29 Å². The van der Waals surface area contributed by atoms with E-state index < -0.39 is 37.3 Å². The predicted octanol–water partition coefficient (Wildman–Crippen LogP) is -0.743. The third-order valence-corrected chi connectivity index (χ3v) is 4.16. The van der Waals surface area contributed by atoms with E-state index in [0.717, 1.165) is 14.5 Å². The molecule has 0 amide bonds. The van der Waals surface area contributed by atoms with Gasteiger partial charge in [-0.2, -0.15) is 0 Å². The van der Waals surface area contributed by atoms with E-state index in [1.165, 1.54) is 0 Å². The SMILES string of the molecule is OC[C@H]1O[C@H](O)[C@@H](O)[C@@H](O)[C@@H]1O.Oc1c[nH]c2ccc(I)cc12. The summed E-state index contributed by atoms with van der Waals surface area (Å²) in [6, 6.07) is 5.90. The van der Waals surface area contributed by atoms with Gasteiger partial charge in [0.1, 0.15) is 30.2 Å². The molecule has 0 spiro atoms. The molecule has 23 heavy (non-hydrogen) atoms. The molecule has 1 fully saturated rings. The highest BCUT2D eigenvalue weighted by atomic mass is 127. The molecule has 0 saturated carbocycles. The van der Waals surface area contributed by atoms with Gasteiger partial charge in [0.05, 0.1) is 6.61 Å². The van der Waals surface area contributed by atoms with E-state index in [1.807, 2.05) is 18.2 Å². The molecule has 1 aliphatic heterocycles. The van der Waals surface area contributed by atoms with E-state index in [1.54, 1.807) is 6.20 Å². The molecule has 8 nitrogen and oxygen atoms in total. The van der Waals surface area contributed by atoms with Crippen LogP contribution in [0.4, 0.5) is 0 Å². The van der Waals surface area contributed by atoms with Crippen molar-refractivity contribution in [1.29, 1.82) is 0 Å². The largest absolute Gasteiger partial charge is 0.506 e. The number of aliphatic hydroxyl groups is 5. The fourth-order valence-corrected chi connectivity index (χ4v) is 2.65. The first-order valence-electron chi connectivity index (χ1n) is 6.79. The van der Waals surface area contributed by atoms with Gasteiger partial charge in [-0.15, -0.1) is 0 Å². The highest BCUT2D eigenvalue weighted by molar-refractivity contribution is 14.1. The molecule has 0 aliphatic carbocycles. The summed E-state index contributed by atoms with van der Waals surface area (Å²) in [7, 11) is 0. The molecule has 2 aromatic rings. The van der Waals surface area contributed by atoms with E-state index >= 15 is 0 Å². The van der Waals surface area contributed by atoms with Crippen molar-refractivity contribution in [3.05, 3.63) is 28.0 Å². The number of benzene rings is 1. The molecule has 3 rings (SSSR count). The molecule has 7 N–H and O–H groups in total. The van der Waals surface area contributed by atoms with Crippen LogP contribution < -0.4 is 0 Å². The van der Waals surface area contributed by atoms with Crippen molar-refractivity contribution >= 4 is 33.5 Å². The number of nitrogens with one attached hydrogen (secondary N) is 1. The summed E-state index contributed by atoms with van der Waals surface area (Å²) in [4.78, 5) is 2.96. The summed E-state index contributed by atoms with van der Waals surface area (Å²) in [6.45, 7) is -0.526. The quantitative estimate of drug-likeness (QED) is 0.290. The van der Waals surface area contributed by atoms with Crippen LogP contribution in [0.2, 0.25) is 0 Å². The molecule has 1 saturated heterocycles. The van der Waals surface area contributed by atoms with E-state index in [4.69, 9.17) is 25.5 Å². The summed E-state index contributed by atoms with van der Waals surface area (Å²) >= 11 is 2.22. The molecule has 1 aliphatic rings. The van der Waals surface area contributed by atoms with Crippen LogP contribution in [0.15, 0.2) is 24.4 Å². The summed E-state index contributed by atoms with van der Waals surface area (Å²) in [5, 5.41) is 54.8. The topological polar surface area (TPSA) is 146 Å². The minimum atomic E-state index is -1.57. The Morgan fingerprint density at radius 3 is 2.43 bits per heavy atom. The van der Waals surface area contributed by atoms with Crippen molar-refractivity contribution in [2.24, 2.45) is 0 Å². The van der Waals surface area contributed by atoms with Gasteiger partial charge in [-0.25, -0.2) is 0 Å². The number of halogens is 1. The minimum Gasteiger partial charge on any atom is -0.506 e. The van der Waals surface area contributed by atoms with Crippen LogP contribution in [0.3, 0.4) is 0 Å². The zero-order chi connectivity index (χ0) is 17.1. The van der Waals surface area contributed by atoms with E-state index in [0.29, 0.717) is 5.75 Å². The summed E-state index contributed by atoms with van der Waals surface area (Å²) in [5.74, 6) is 0.318. The predicted molar refractivity (Wildman–Crippen MR) is 88.7 cm³/mol. The third-order valence-electron chi connectivity index (χ3n) is 3.49. The maximum Gasteiger partial charge on any atom is 0.184 e. The van der Waals surface area contributed by atoms with Gasteiger partial charge in [0.2, 0.25) is 0 Å². The Kier molecular flexibility index (Phi) is 6.19. The third kappa shape index (κ3) is 4.12. The minimum absolute atomic E-state index is 0.318. The lowest BCUT2D eigenvalue weighted by molar-refractivity contribution is -0.286. The molecule has 128 valence electrons. The fraction of sp³-hybridized carbons (Fsp3) is 0.429. The zero-order valence-electron chi connectivity index (χ0n) is 11.9. The highest BCUT2D eigenvalue weighted by Gasteiger charge is 2.42. The van der Waals surface area contributed by atoms with Crippen molar-refractivity contribution in [3.8, 4) is 5.75 Å². The van der Waals surface area contributed by atoms with Crippen LogP contribution in [0.5, 0.6) is 5.75 Å². The number of aliphatic hydroxyl groups excluding tert-OH is 5. The van der Waals surface area contributed by atoms with Gasteiger partial charge < -0.3 is 40.4 Å². The Labute approximate surface area is 145 Å². The molecular weight excluding hydrogens is 421 g/mol. The Morgan fingerprint density at radius 1 is 1.09 bits per heavy atom. The van der Waals surface area contributed by atoms with E-state index in [-0.39, 0.29) is 0 Å². The molecular formula is C14H18INO7. The van der Waals surface area contributed by atoms with Crippen molar-refractivity contribution < 1.29 is 35.4 Å². The van der Waals surface area contributed by atoms with Crippen LogP contribution in [0, 0.1) is 3.57 Å². The smallest absolute Gasteiger partial charge is 0.184 e. The number of aromatic hydroxyl groups is 1. The summed E-state index contributed by atoms with van der Waals surface area (Å²) in [5.41, 5.74) is 0.975. The van der Waals surface area contributed by atoms with Gasteiger partial charge in [0.25, 0.3) is 0 Å². The van der Waals surface area contributed by atoms with Gasteiger partial charge in [0, 0.05) is 20.7 Å². The number of ether oxygens (including phenoxy) is 1. The van der Waals surface area contributed by atoms with Gasteiger partial charge in [-0.1, -0.05) is 0 Å². The summed E-state index contributed by atoms with van der Waals surface area (Å²) in [6.07, 6.45) is -5.44. The number of hydrogen-bond donors (Lipinski definition) is 7. The Bertz CT molecular complexity index is 644. The van der Waals surface area contributed by atoms with Gasteiger partial charge in [-0.05, 0) is 40.8 Å². The Hall–Kier alpha value is -0.950. The van der Waals surface area contributed by atoms with Crippen LogP contribution in [-0.4, -0.2) is 72.9 Å². The van der Waals surface area contributed by atoms with Crippen LogP contribution in [0.1, 0.15) is 0 Å². The van der Waals surface area contributed by atoms with E-state index in [2.05, 4.69) is 32.3 Å². The second-order valence-electron chi connectivity index (χ2n) is 5.08. The average Bonchev–Trinajstić information content (AvgIpc) is 2.90. The molecule has 0 radical (unpaired) electrons. The molecule has 1 aromatic heterocycles. The van der Waals surface area contributed by atoms with E-state index in [9.17, 15) is 5.11 Å². The maximum absolute atomic E-state index is 9.30. The number of aromatic amines is 1. The first kappa shape index (κ1) is 18.4. The monoisotopic (exact) mass is 439 g/mol. The number of fused-ring (bicyclic) bond motifs is 1. The van der Waals surface area contributed by atoms with Crippen molar-refractivity contribution in [3.63, 3.8) is 0 Å². The molecule has 2 heterocycles. The van der Waals surface area contributed by atoms with Gasteiger partial charge in [-0.3, -0.25) is 0 Å². The highest BCUT2D eigenvalue weighted by Crippen LogP contribution is 2.25. The average molecular weight is 439 g/mol. The van der Waals surface area contributed by atoms with Gasteiger partial charge >= 0.3 is 0 Å². The van der Waals surface area contributed by atoms with Crippen LogP contribution in [-0.2, 0) is 4.74 Å². The maximum atomic E-state index is 9.30. The first-order valence-corrected chi connectivity index (χ1v) is 7.87. The molecule has 1 aromatic carbocycles. The second kappa shape index (κ2) is 7.75. The van der Waals surface area contributed by atoms with Crippen LogP contribution in [0.25, 0.3) is 10.9 Å². The first-order chi connectivity index (χ1) is 10.8. The second-order valence-corrected chi connectivity index (χ2v) is 6.33. The van der Waals surface area contributed by atoms with Crippen LogP contribution >= 0.6 is 22.6 Å². The van der Waals surface area contributed by atoms with Crippen molar-refractivity contribution in [1.82, 2.24) is 4.98 Å². The van der Waals surface area contributed by atoms with Crippen molar-refractivity contribution in [2.75, 3.05) is 6.61 Å². The lowest BCUT2D eigenvalue weighted by Crippen LogP contribution is -2.58. The number of rotatable bonds is 1. The molecule has 5 atom stereocenters. The molecule has 0 unspecified atom stereocenters. The number of aromatic nitrogens is 1. The molecule has 0 bridgehead atoms. The molecule has 9 heteroatoms. The van der Waals surface area contributed by atoms with Crippen molar-refractivity contribution in [2.45, 2.75) is 30.7 Å². The summed E-state index contributed by atoms with van der Waals surface area (Å²) < 4.78 is 5.71. The normalized spacial score (nSPS) is 30.8. The lowest BCUT2D eigenvalue weighted by Gasteiger charge is -2.37. The fourth-order valence-electron chi connectivity index (χ4n) is 2.16. The lowest BCUT2D eigenvalue weighted by atomic mass is 10.00. The Morgan fingerprint density at radius 2 is 1.78 bits per heavy atom. The number of H-pyrrole nitrogens is 1. The standard InChI is InChI=1S/C8H6INO.C6H12O6/c9-5-1-2-7-6(3-5)8(11)4-10-7;7-1-2-3(8)4(9)5(10)6(11)12-2/h1-4,10-11H;2-11H,1H2/t;2-,3-,4+,5+,6+/m.1/s1. The Balaban J connectivity index is 0.000000167.